The molecule has 3 N–H and O–H groups in total. The summed E-state index contributed by atoms with van der Waals surface area (Å²) in [7, 11) is 0. The van der Waals surface area contributed by atoms with Gasteiger partial charge < -0.3 is 11.1 Å². The zero-order valence-corrected chi connectivity index (χ0v) is 10.4. The summed E-state index contributed by atoms with van der Waals surface area (Å²) < 4.78 is 0. The number of anilines is 2. The third-order valence-corrected chi connectivity index (χ3v) is 3.87. The fourth-order valence-corrected chi connectivity index (χ4v) is 2.86. The van der Waals surface area contributed by atoms with Gasteiger partial charge in [-0.15, -0.1) is 0 Å². The molecule has 2 aliphatic rings. The number of amides is 1. The van der Waals surface area contributed by atoms with Crippen LogP contribution in [0.4, 0.5) is 11.6 Å². The number of carbonyl (C=O) groups is 1. The molecule has 0 radical (unpaired) electrons. The number of fused-ring (bicyclic) bond motifs is 1. The number of hydrogen-bond acceptors (Lipinski definition) is 4. The molecule has 1 fully saturated rings. The molecule has 5 nitrogen and oxygen atoms in total. The molecular weight excluding hydrogens is 228 g/mol. The van der Waals surface area contributed by atoms with Crippen LogP contribution in [-0.4, -0.2) is 15.9 Å². The van der Waals surface area contributed by atoms with Crippen molar-refractivity contribution >= 4 is 17.5 Å². The van der Waals surface area contributed by atoms with Crippen LogP contribution in [0.3, 0.4) is 0 Å². The third kappa shape index (κ3) is 2.05. The number of nitrogens with one attached hydrogen (secondary N) is 1. The van der Waals surface area contributed by atoms with E-state index in [0.717, 1.165) is 37.1 Å². The van der Waals surface area contributed by atoms with E-state index in [1.165, 1.54) is 12.8 Å². The molecule has 1 aliphatic heterocycles. The van der Waals surface area contributed by atoms with E-state index in [2.05, 4.69) is 15.3 Å². The number of nitrogens with zero attached hydrogens (tertiary/aromatic N) is 2. The Balaban J connectivity index is 1.99. The smallest absolute Gasteiger partial charge is 0.225 e. The Kier molecular flexibility index (Phi) is 2.89. The van der Waals surface area contributed by atoms with Gasteiger partial charge in [0.1, 0.15) is 17.5 Å². The maximum atomic E-state index is 11.6. The van der Waals surface area contributed by atoms with E-state index in [1.54, 1.807) is 0 Å². The molecular formula is C13H18N4O. The summed E-state index contributed by atoms with van der Waals surface area (Å²) in [5, 5.41) is 2.86. The predicted molar refractivity (Wildman–Crippen MR) is 69.2 cm³/mol. The molecule has 1 aliphatic carbocycles. The average Bonchev–Trinajstić information content (AvgIpc) is 2.79. The van der Waals surface area contributed by atoms with Gasteiger partial charge in [0, 0.05) is 17.9 Å². The Hall–Kier alpha value is -1.65. The number of nitrogens with two attached hydrogens (primary N) is 1. The van der Waals surface area contributed by atoms with Gasteiger partial charge in [-0.25, -0.2) is 9.97 Å². The number of hydrogen-bond donors (Lipinski definition) is 2. The first kappa shape index (κ1) is 11.4. The van der Waals surface area contributed by atoms with E-state index in [0.29, 0.717) is 24.0 Å². The standard InChI is InChI=1S/C13H18N4O/c14-11-9-6-3-7-10(18)15-13(9)17-12(16-11)8-4-1-2-5-8/h8H,1-7H2,(H3,14,15,16,17,18). The quantitative estimate of drug-likeness (QED) is 0.794. The summed E-state index contributed by atoms with van der Waals surface area (Å²) in [4.78, 5) is 20.6. The number of nitrogen functional groups attached to an aromatic ring is 1. The molecule has 1 amide bonds. The van der Waals surface area contributed by atoms with Crippen molar-refractivity contribution in [2.45, 2.75) is 50.9 Å². The fourth-order valence-electron chi connectivity index (χ4n) is 2.86. The lowest BCUT2D eigenvalue weighted by atomic mass is 10.1. The van der Waals surface area contributed by atoms with Gasteiger partial charge in [-0.3, -0.25) is 4.79 Å². The van der Waals surface area contributed by atoms with E-state index in [4.69, 9.17) is 5.73 Å². The zero-order chi connectivity index (χ0) is 12.5. The normalized spacial score (nSPS) is 20.3. The van der Waals surface area contributed by atoms with Crippen molar-refractivity contribution in [3.8, 4) is 0 Å². The molecule has 0 unspecified atom stereocenters. The second-order valence-electron chi connectivity index (χ2n) is 5.18. The summed E-state index contributed by atoms with van der Waals surface area (Å²) >= 11 is 0. The molecule has 0 aromatic carbocycles. The monoisotopic (exact) mass is 246 g/mol. The van der Waals surface area contributed by atoms with Crippen molar-refractivity contribution in [3.63, 3.8) is 0 Å². The first-order valence-electron chi connectivity index (χ1n) is 6.70. The Bertz CT molecular complexity index is 480. The molecule has 96 valence electrons. The molecule has 1 saturated carbocycles. The van der Waals surface area contributed by atoms with Crippen LogP contribution in [0.25, 0.3) is 0 Å². The molecule has 18 heavy (non-hydrogen) atoms. The minimum Gasteiger partial charge on any atom is -0.383 e. The topological polar surface area (TPSA) is 80.9 Å². The Morgan fingerprint density at radius 1 is 1.11 bits per heavy atom. The average molecular weight is 246 g/mol. The van der Waals surface area contributed by atoms with Crippen LogP contribution < -0.4 is 11.1 Å². The van der Waals surface area contributed by atoms with E-state index < -0.39 is 0 Å². The van der Waals surface area contributed by atoms with Crippen molar-refractivity contribution in [2.24, 2.45) is 0 Å². The van der Waals surface area contributed by atoms with Crippen LogP contribution >= 0.6 is 0 Å². The number of aromatic nitrogens is 2. The summed E-state index contributed by atoms with van der Waals surface area (Å²) in [6, 6.07) is 0. The summed E-state index contributed by atoms with van der Waals surface area (Å²) in [5.41, 5.74) is 6.93. The van der Waals surface area contributed by atoms with E-state index in [9.17, 15) is 4.79 Å². The highest BCUT2D eigenvalue weighted by atomic mass is 16.1. The number of rotatable bonds is 1. The van der Waals surface area contributed by atoms with Crippen molar-refractivity contribution in [2.75, 3.05) is 11.1 Å². The van der Waals surface area contributed by atoms with Crippen LogP contribution in [0.1, 0.15) is 55.8 Å². The lowest BCUT2D eigenvalue weighted by molar-refractivity contribution is -0.116. The second-order valence-corrected chi connectivity index (χ2v) is 5.18. The molecule has 5 heteroatoms. The van der Waals surface area contributed by atoms with Crippen LogP contribution in [0.15, 0.2) is 0 Å². The summed E-state index contributed by atoms with van der Waals surface area (Å²) in [6.45, 7) is 0. The van der Waals surface area contributed by atoms with Gasteiger partial charge in [0.15, 0.2) is 0 Å². The van der Waals surface area contributed by atoms with Crippen molar-refractivity contribution in [3.05, 3.63) is 11.4 Å². The molecule has 0 saturated heterocycles. The van der Waals surface area contributed by atoms with E-state index in [-0.39, 0.29) is 5.91 Å². The highest BCUT2D eigenvalue weighted by Gasteiger charge is 2.24. The van der Waals surface area contributed by atoms with Crippen LogP contribution in [0.5, 0.6) is 0 Å². The molecule has 3 rings (SSSR count). The van der Waals surface area contributed by atoms with Gasteiger partial charge in [-0.2, -0.15) is 0 Å². The second kappa shape index (κ2) is 4.55. The summed E-state index contributed by atoms with van der Waals surface area (Å²) in [6.07, 6.45) is 6.86. The third-order valence-electron chi connectivity index (χ3n) is 3.87. The molecule has 0 atom stereocenters. The Morgan fingerprint density at radius 3 is 2.67 bits per heavy atom. The summed E-state index contributed by atoms with van der Waals surface area (Å²) in [5.74, 6) is 2.45. The minimum atomic E-state index is 0.0317. The molecule has 1 aromatic heterocycles. The highest BCUT2D eigenvalue weighted by molar-refractivity contribution is 5.91. The molecule has 0 bridgehead atoms. The molecule has 0 spiro atoms. The molecule has 2 heterocycles. The van der Waals surface area contributed by atoms with E-state index in [1.807, 2.05) is 0 Å². The zero-order valence-electron chi connectivity index (χ0n) is 10.4. The van der Waals surface area contributed by atoms with Crippen molar-refractivity contribution < 1.29 is 4.79 Å². The van der Waals surface area contributed by atoms with Crippen LogP contribution in [0, 0.1) is 0 Å². The van der Waals surface area contributed by atoms with Crippen LogP contribution in [-0.2, 0) is 11.2 Å². The van der Waals surface area contributed by atoms with Gasteiger partial charge in [0.05, 0.1) is 0 Å². The van der Waals surface area contributed by atoms with Crippen molar-refractivity contribution in [1.29, 1.82) is 0 Å². The van der Waals surface area contributed by atoms with Gasteiger partial charge in [0.25, 0.3) is 0 Å². The molecule has 1 aromatic rings. The van der Waals surface area contributed by atoms with Gasteiger partial charge >= 0.3 is 0 Å². The lowest BCUT2D eigenvalue weighted by Crippen LogP contribution is -2.14. The number of carbonyl (C=O) groups excluding carboxylic acids is 1. The largest absolute Gasteiger partial charge is 0.383 e. The van der Waals surface area contributed by atoms with Gasteiger partial charge in [-0.1, -0.05) is 12.8 Å². The van der Waals surface area contributed by atoms with Crippen LogP contribution in [0.2, 0.25) is 0 Å². The lowest BCUT2D eigenvalue weighted by Gasteiger charge is -2.13. The van der Waals surface area contributed by atoms with Gasteiger partial charge in [0.2, 0.25) is 5.91 Å². The predicted octanol–water partition coefficient (Wildman–Crippen LogP) is 1.99. The van der Waals surface area contributed by atoms with Crippen molar-refractivity contribution in [1.82, 2.24) is 9.97 Å². The SMILES string of the molecule is Nc1nc(C2CCCC2)nc2c1CCCC(=O)N2. The minimum absolute atomic E-state index is 0.0317. The Morgan fingerprint density at radius 2 is 1.89 bits per heavy atom. The first-order chi connectivity index (χ1) is 8.74. The Labute approximate surface area is 106 Å². The van der Waals surface area contributed by atoms with Gasteiger partial charge in [-0.05, 0) is 25.7 Å². The maximum absolute atomic E-state index is 11.6. The highest BCUT2D eigenvalue weighted by Crippen LogP contribution is 2.34. The van der Waals surface area contributed by atoms with E-state index >= 15 is 0 Å². The maximum Gasteiger partial charge on any atom is 0.225 e. The fraction of sp³-hybridized carbons (Fsp3) is 0.615. The first-order valence-corrected chi connectivity index (χ1v) is 6.70.